The number of fused-ring (bicyclic) bond motifs is 2. The van der Waals surface area contributed by atoms with E-state index in [0.717, 1.165) is 58.4 Å². The molecule has 1 aromatic carbocycles. The zero-order chi connectivity index (χ0) is 19.4. The molecule has 1 aliphatic heterocycles. The fourth-order valence-electron chi connectivity index (χ4n) is 3.71. The fourth-order valence-corrected chi connectivity index (χ4v) is 5.16. The summed E-state index contributed by atoms with van der Waals surface area (Å²) in [6.07, 6.45) is 7.27. The SMILES string of the molecule is CCC.Clc1cc(Br)c2c(c1)CCc1cc(Br)cnc1C2=C1CCNCC1. The molecule has 0 radical (unpaired) electrons. The molecule has 2 heterocycles. The highest BCUT2D eigenvalue weighted by molar-refractivity contribution is 9.10. The second-order valence-electron chi connectivity index (χ2n) is 7.02. The Bertz CT molecular complexity index is 854. The molecule has 0 bridgehead atoms. The molecule has 0 amide bonds. The Morgan fingerprint density at radius 3 is 2.37 bits per heavy atom. The van der Waals surface area contributed by atoms with Gasteiger partial charge in [0.15, 0.2) is 0 Å². The predicted octanol–water partition coefficient (Wildman–Crippen LogP) is 6.96. The second kappa shape index (κ2) is 9.69. The van der Waals surface area contributed by atoms with Crippen molar-refractivity contribution in [3.63, 3.8) is 0 Å². The molecule has 27 heavy (non-hydrogen) atoms. The van der Waals surface area contributed by atoms with Crippen LogP contribution in [0.3, 0.4) is 0 Å². The van der Waals surface area contributed by atoms with Gasteiger partial charge in [-0.15, -0.1) is 0 Å². The van der Waals surface area contributed by atoms with Crippen LogP contribution in [-0.4, -0.2) is 18.1 Å². The van der Waals surface area contributed by atoms with Crippen molar-refractivity contribution in [2.24, 2.45) is 0 Å². The molecule has 144 valence electrons. The Morgan fingerprint density at radius 1 is 1.00 bits per heavy atom. The van der Waals surface area contributed by atoms with E-state index in [1.807, 2.05) is 12.3 Å². The first-order valence-electron chi connectivity index (χ1n) is 9.61. The van der Waals surface area contributed by atoms with E-state index in [0.29, 0.717) is 0 Å². The fraction of sp³-hybridized carbons (Fsp3) is 0.409. The largest absolute Gasteiger partial charge is 0.316 e. The van der Waals surface area contributed by atoms with Crippen LogP contribution in [0.15, 0.2) is 38.9 Å². The van der Waals surface area contributed by atoms with E-state index in [1.54, 1.807) is 0 Å². The first-order valence-corrected chi connectivity index (χ1v) is 11.6. The standard InChI is InChI=1S/C19H17Br2ClN2.C3H8/c20-14-7-13-2-1-12-8-15(22)9-16(21)17(12)18(19(13)24-10-14)11-3-5-23-6-4-11;1-3-2/h7-10,23H,1-6H2;3H2,1-2H3. The van der Waals surface area contributed by atoms with Crippen molar-refractivity contribution in [1.82, 2.24) is 10.3 Å². The number of rotatable bonds is 0. The van der Waals surface area contributed by atoms with Crippen LogP contribution in [0.1, 0.15) is 55.5 Å². The molecule has 0 spiro atoms. The summed E-state index contributed by atoms with van der Waals surface area (Å²) >= 11 is 13.7. The Labute approximate surface area is 184 Å². The number of aromatic nitrogens is 1. The second-order valence-corrected chi connectivity index (χ2v) is 9.23. The van der Waals surface area contributed by atoms with E-state index in [2.05, 4.69) is 63.2 Å². The van der Waals surface area contributed by atoms with Crippen molar-refractivity contribution in [3.8, 4) is 0 Å². The molecule has 2 aliphatic rings. The maximum absolute atomic E-state index is 6.33. The van der Waals surface area contributed by atoms with Gasteiger partial charge in [-0.05, 0) is 84.0 Å². The van der Waals surface area contributed by atoms with Gasteiger partial charge in [-0.25, -0.2) is 0 Å². The quantitative estimate of drug-likeness (QED) is 0.413. The van der Waals surface area contributed by atoms with Gasteiger partial charge in [0.1, 0.15) is 0 Å². The smallest absolute Gasteiger partial charge is 0.0740 e. The average molecular weight is 513 g/mol. The molecule has 1 N–H and O–H groups in total. The molecule has 4 rings (SSSR count). The summed E-state index contributed by atoms with van der Waals surface area (Å²) in [7, 11) is 0. The molecular weight excluding hydrogens is 488 g/mol. The molecule has 1 saturated heterocycles. The molecule has 0 atom stereocenters. The first kappa shape index (κ1) is 21.0. The van der Waals surface area contributed by atoms with Crippen molar-refractivity contribution < 1.29 is 0 Å². The van der Waals surface area contributed by atoms with Gasteiger partial charge in [-0.1, -0.05) is 53.4 Å². The lowest BCUT2D eigenvalue weighted by Gasteiger charge is -2.22. The van der Waals surface area contributed by atoms with Gasteiger partial charge in [0, 0.05) is 31.3 Å². The van der Waals surface area contributed by atoms with E-state index in [-0.39, 0.29) is 0 Å². The van der Waals surface area contributed by atoms with Gasteiger partial charge in [-0.3, -0.25) is 4.98 Å². The van der Waals surface area contributed by atoms with Crippen LogP contribution < -0.4 is 5.32 Å². The molecule has 2 nitrogen and oxygen atoms in total. The predicted molar refractivity (Wildman–Crippen MR) is 123 cm³/mol. The minimum absolute atomic E-state index is 0.787. The lowest BCUT2D eigenvalue weighted by Crippen LogP contribution is -2.24. The molecule has 0 unspecified atom stereocenters. The Kier molecular flexibility index (Phi) is 7.55. The minimum Gasteiger partial charge on any atom is -0.316 e. The van der Waals surface area contributed by atoms with Crippen molar-refractivity contribution >= 4 is 49.0 Å². The molecular formula is C22H25Br2ClN2. The summed E-state index contributed by atoms with van der Waals surface area (Å²) in [5.74, 6) is 0. The number of pyridine rings is 1. The highest BCUT2D eigenvalue weighted by atomic mass is 79.9. The number of benzene rings is 1. The van der Waals surface area contributed by atoms with Crippen molar-refractivity contribution in [1.29, 1.82) is 0 Å². The number of hydrogen-bond acceptors (Lipinski definition) is 2. The van der Waals surface area contributed by atoms with Crippen LogP contribution in [0, 0.1) is 0 Å². The highest BCUT2D eigenvalue weighted by Crippen LogP contribution is 2.42. The van der Waals surface area contributed by atoms with Crippen LogP contribution in [0.25, 0.3) is 5.57 Å². The lowest BCUT2D eigenvalue weighted by molar-refractivity contribution is 0.611. The third-order valence-corrected chi connectivity index (χ3v) is 6.06. The Morgan fingerprint density at radius 2 is 1.67 bits per heavy atom. The maximum Gasteiger partial charge on any atom is 0.0740 e. The van der Waals surface area contributed by atoms with Gasteiger partial charge < -0.3 is 5.32 Å². The van der Waals surface area contributed by atoms with Gasteiger partial charge in [-0.2, -0.15) is 0 Å². The molecule has 1 aromatic heterocycles. The third kappa shape index (κ3) is 4.84. The van der Waals surface area contributed by atoms with E-state index in [9.17, 15) is 0 Å². The highest BCUT2D eigenvalue weighted by Gasteiger charge is 2.25. The zero-order valence-electron chi connectivity index (χ0n) is 15.8. The first-order chi connectivity index (χ1) is 13.0. The van der Waals surface area contributed by atoms with Crippen molar-refractivity contribution in [3.05, 3.63) is 66.3 Å². The normalized spacial score (nSPS) is 16.0. The monoisotopic (exact) mass is 510 g/mol. The zero-order valence-corrected chi connectivity index (χ0v) is 19.8. The minimum atomic E-state index is 0.787. The van der Waals surface area contributed by atoms with Crippen molar-refractivity contribution in [2.45, 2.75) is 46.0 Å². The number of piperidine rings is 1. The van der Waals surface area contributed by atoms with E-state index < -0.39 is 0 Å². The number of hydrogen-bond donors (Lipinski definition) is 1. The third-order valence-electron chi connectivity index (χ3n) is 4.78. The molecule has 1 fully saturated rings. The topological polar surface area (TPSA) is 24.9 Å². The van der Waals surface area contributed by atoms with Gasteiger partial charge in [0.2, 0.25) is 0 Å². The van der Waals surface area contributed by atoms with Crippen LogP contribution in [0.5, 0.6) is 0 Å². The average Bonchev–Trinajstić information content (AvgIpc) is 2.80. The lowest BCUT2D eigenvalue weighted by atomic mass is 9.89. The summed E-state index contributed by atoms with van der Waals surface area (Å²) < 4.78 is 2.11. The molecule has 2 aromatic rings. The van der Waals surface area contributed by atoms with E-state index in [4.69, 9.17) is 16.6 Å². The van der Waals surface area contributed by atoms with Crippen LogP contribution in [0.4, 0.5) is 0 Å². The van der Waals surface area contributed by atoms with Gasteiger partial charge in [0.25, 0.3) is 0 Å². The maximum atomic E-state index is 6.33. The Hall–Kier alpha value is -0.680. The molecule has 1 aliphatic carbocycles. The van der Waals surface area contributed by atoms with Crippen LogP contribution >= 0.6 is 43.5 Å². The van der Waals surface area contributed by atoms with E-state index in [1.165, 1.54) is 34.3 Å². The van der Waals surface area contributed by atoms with Crippen LogP contribution in [-0.2, 0) is 12.8 Å². The number of nitrogens with one attached hydrogen (secondary N) is 1. The van der Waals surface area contributed by atoms with Crippen LogP contribution in [0.2, 0.25) is 5.02 Å². The molecule has 0 saturated carbocycles. The summed E-state index contributed by atoms with van der Waals surface area (Å²) in [6.45, 7) is 6.32. The number of halogens is 3. The summed E-state index contributed by atoms with van der Waals surface area (Å²) in [5, 5.41) is 4.24. The van der Waals surface area contributed by atoms with Crippen molar-refractivity contribution in [2.75, 3.05) is 13.1 Å². The van der Waals surface area contributed by atoms with Gasteiger partial charge in [0.05, 0.1) is 5.69 Å². The van der Waals surface area contributed by atoms with Gasteiger partial charge >= 0.3 is 0 Å². The Balaban J connectivity index is 0.000000659. The summed E-state index contributed by atoms with van der Waals surface area (Å²) in [5.41, 5.74) is 7.85. The summed E-state index contributed by atoms with van der Waals surface area (Å²) in [6, 6.07) is 6.33. The number of nitrogens with zero attached hydrogens (tertiary/aromatic N) is 1. The number of aryl methyl sites for hydroxylation is 2. The summed E-state index contributed by atoms with van der Waals surface area (Å²) in [4.78, 5) is 4.82. The van der Waals surface area contributed by atoms with E-state index >= 15 is 0 Å². The molecule has 5 heteroatoms.